The molecule has 1 aromatic heterocycles. The first-order chi connectivity index (χ1) is 9.20. The van der Waals surface area contributed by atoms with Crippen molar-refractivity contribution in [3.8, 4) is 11.3 Å². The molecule has 2 rings (SSSR count). The Morgan fingerprint density at radius 2 is 1.95 bits per heavy atom. The first-order valence-electron chi connectivity index (χ1n) is 6.41. The van der Waals surface area contributed by atoms with Crippen LogP contribution in [0, 0.1) is 0 Å². The molecule has 100 valence electrons. The second kappa shape index (κ2) is 6.48. The summed E-state index contributed by atoms with van der Waals surface area (Å²) >= 11 is 5.85. The molecule has 1 aromatic carbocycles. The molecule has 4 nitrogen and oxygen atoms in total. The lowest BCUT2D eigenvalue weighted by Crippen LogP contribution is -2.25. The van der Waals surface area contributed by atoms with E-state index in [2.05, 4.69) is 17.0 Å². The van der Waals surface area contributed by atoms with Crippen LogP contribution in [0.2, 0.25) is 5.02 Å². The molecule has 0 N–H and O–H groups in total. The zero-order valence-corrected chi connectivity index (χ0v) is 11.6. The van der Waals surface area contributed by atoms with Crippen LogP contribution in [-0.2, 0) is 6.54 Å². The Morgan fingerprint density at radius 1 is 1.21 bits per heavy atom. The first-order valence-corrected chi connectivity index (χ1v) is 6.78. The highest BCUT2D eigenvalue weighted by Crippen LogP contribution is 2.17. The molecule has 0 radical (unpaired) electrons. The average Bonchev–Trinajstić information content (AvgIpc) is 2.42. The van der Waals surface area contributed by atoms with Crippen molar-refractivity contribution in [3.63, 3.8) is 0 Å². The fourth-order valence-corrected chi connectivity index (χ4v) is 1.92. The van der Waals surface area contributed by atoms with Gasteiger partial charge in [-0.25, -0.2) is 9.48 Å². The Kier molecular flexibility index (Phi) is 4.68. The lowest BCUT2D eigenvalue weighted by atomic mass is 10.2. The highest BCUT2D eigenvalue weighted by molar-refractivity contribution is 6.30. The monoisotopic (exact) mass is 277 g/mol. The maximum Gasteiger partial charge on any atom is 0.363 e. The van der Waals surface area contributed by atoms with Gasteiger partial charge in [0.05, 0.1) is 6.20 Å². The van der Waals surface area contributed by atoms with Gasteiger partial charge in [-0.05, 0) is 18.6 Å². The van der Waals surface area contributed by atoms with Crippen LogP contribution >= 0.6 is 11.6 Å². The lowest BCUT2D eigenvalue weighted by molar-refractivity contribution is 0.517. The summed E-state index contributed by atoms with van der Waals surface area (Å²) in [6.07, 6.45) is 4.63. The van der Waals surface area contributed by atoms with Gasteiger partial charge in [0.2, 0.25) is 0 Å². The number of unbranched alkanes of at least 4 members (excludes halogenated alkanes) is 2. The van der Waals surface area contributed by atoms with Crippen molar-refractivity contribution in [2.75, 3.05) is 0 Å². The number of nitrogens with zero attached hydrogens (tertiary/aromatic N) is 3. The summed E-state index contributed by atoms with van der Waals surface area (Å²) < 4.78 is 1.43. The van der Waals surface area contributed by atoms with E-state index >= 15 is 0 Å². The summed E-state index contributed by atoms with van der Waals surface area (Å²) in [5.74, 6) is 0. The Labute approximate surface area is 117 Å². The molecule has 1 heterocycles. The fraction of sp³-hybridized carbons (Fsp3) is 0.357. The maximum absolute atomic E-state index is 11.6. The molecule has 19 heavy (non-hydrogen) atoms. The van der Waals surface area contributed by atoms with Gasteiger partial charge in [0.25, 0.3) is 0 Å². The Morgan fingerprint density at radius 3 is 2.63 bits per heavy atom. The van der Waals surface area contributed by atoms with Crippen molar-refractivity contribution in [3.05, 3.63) is 46.0 Å². The van der Waals surface area contributed by atoms with Crippen LogP contribution < -0.4 is 5.69 Å². The maximum atomic E-state index is 11.6. The second-order valence-corrected chi connectivity index (χ2v) is 4.80. The van der Waals surface area contributed by atoms with Gasteiger partial charge in [0, 0.05) is 17.1 Å². The predicted molar refractivity (Wildman–Crippen MR) is 76.3 cm³/mol. The van der Waals surface area contributed by atoms with Gasteiger partial charge in [-0.2, -0.15) is 10.1 Å². The molecule has 0 aliphatic rings. The molecule has 0 aliphatic carbocycles. The fourth-order valence-electron chi connectivity index (χ4n) is 1.79. The van der Waals surface area contributed by atoms with E-state index in [9.17, 15) is 4.79 Å². The molecular formula is C14H16ClN3O. The SMILES string of the molecule is CCCCCn1nc(-c2ccc(Cl)cc2)cnc1=O. The van der Waals surface area contributed by atoms with Gasteiger partial charge in [-0.1, -0.05) is 43.5 Å². The van der Waals surface area contributed by atoms with Gasteiger partial charge in [0.1, 0.15) is 5.69 Å². The van der Waals surface area contributed by atoms with Crippen molar-refractivity contribution in [2.45, 2.75) is 32.7 Å². The van der Waals surface area contributed by atoms with E-state index in [1.165, 1.54) is 10.9 Å². The van der Waals surface area contributed by atoms with Crippen molar-refractivity contribution in [2.24, 2.45) is 0 Å². The predicted octanol–water partition coefficient (Wildman–Crippen LogP) is 3.15. The Bertz CT molecular complexity index is 592. The van der Waals surface area contributed by atoms with E-state index in [0.29, 0.717) is 17.3 Å². The first kappa shape index (κ1) is 13.7. The third-order valence-electron chi connectivity index (χ3n) is 2.86. The van der Waals surface area contributed by atoms with E-state index in [0.717, 1.165) is 24.8 Å². The largest absolute Gasteiger partial charge is 0.363 e. The minimum absolute atomic E-state index is 0.297. The molecule has 0 fully saturated rings. The van der Waals surface area contributed by atoms with Crippen LogP contribution in [-0.4, -0.2) is 14.8 Å². The molecule has 0 aliphatic heterocycles. The van der Waals surface area contributed by atoms with Crippen LogP contribution in [0.25, 0.3) is 11.3 Å². The molecule has 0 spiro atoms. The second-order valence-electron chi connectivity index (χ2n) is 4.36. The van der Waals surface area contributed by atoms with E-state index in [1.807, 2.05) is 12.1 Å². The van der Waals surface area contributed by atoms with Crippen molar-refractivity contribution < 1.29 is 0 Å². The van der Waals surface area contributed by atoms with Crippen LogP contribution in [0.4, 0.5) is 0 Å². The highest BCUT2D eigenvalue weighted by Gasteiger charge is 2.04. The summed E-state index contributed by atoms with van der Waals surface area (Å²) in [5.41, 5.74) is 1.29. The summed E-state index contributed by atoms with van der Waals surface area (Å²) in [5, 5.41) is 5.02. The zero-order valence-electron chi connectivity index (χ0n) is 10.8. The van der Waals surface area contributed by atoms with Crippen molar-refractivity contribution in [1.82, 2.24) is 14.8 Å². The van der Waals surface area contributed by atoms with Gasteiger partial charge in [0.15, 0.2) is 0 Å². The molecule has 0 amide bonds. The standard InChI is InChI=1S/C14H16ClN3O/c1-2-3-4-9-18-14(19)16-10-13(17-18)11-5-7-12(15)8-6-11/h5-8,10H,2-4,9H2,1H3. The van der Waals surface area contributed by atoms with Crippen LogP contribution in [0.3, 0.4) is 0 Å². The summed E-state index contributed by atoms with van der Waals surface area (Å²) in [4.78, 5) is 15.5. The minimum atomic E-state index is -0.297. The number of hydrogen-bond acceptors (Lipinski definition) is 3. The topological polar surface area (TPSA) is 47.8 Å². The highest BCUT2D eigenvalue weighted by atomic mass is 35.5. The summed E-state index contributed by atoms with van der Waals surface area (Å²) in [6, 6.07) is 7.33. The summed E-state index contributed by atoms with van der Waals surface area (Å²) in [7, 11) is 0. The zero-order chi connectivity index (χ0) is 13.7. The number of aryl methyl sites for hydroxylation is 1. The van der Waals surface area contributed by atoms with Crippen LogP contribution in [0.5, 0.6) is 0 Å². The molecule has 0 atom stereocenters. The van der Waals surface area contributed by atoms with Crippen molar-refractivity contribution in [1.29, 1.82) is 0 Å². The molecule has 2 aromatic rings. The summed E-state index contributed by atoms with van der Waals surface area (Å²) in [6.45, 7) is 2.74. The van der Waals surface area contributed by atoms with Gasteiger partial charge in [-0.15, -0.1) is 0 Å². The minimum Gasteiger partial charge on any atom is -0.244 e. The number of halogens is 1. The van der Waals surface area contributed by atoms with E-state index < -0.39 is 0 Å². The van der Waals surface area contributed by atoms with Crippen LogP contribution in [0.15, 0.2) is 35.3 Å². The van der Waals surface area contributed by atoms with Gasteiger partial charge in [-0.3, -0.25) is 0 Å². The molecule has 0 saturated heterocycles. The molecular weight excluding hydrogens is 262 g/mol. The van der Waals surface area contributed by atoms with E-state index in [-0.39, 0.29) is 5.69 Å². The number of benzene rings is 1. The molecule has 0 unspecified atom stereocenters. The molecule has 0 bridgehead atoms. The smallest absolute Gasteiger partial charge is 0.244 e. The van der Waals surface area contributed by atoms with E-state index in [4.69, 9.17) is 11.6 Å². The third kappa shape index (κ3) is 3.64. The number of hydrogen-bond donors (Lipinski definition) is 0. The lowest BCUT2D eigenvalue weighted by Gasteiger charge is -2.06. The Balaban J connectivity index is 2.25. The third-order valence-corrected chi connectivity index (χ3v) is 3.11. The molecule has 5 heteroatoms. The molecule has 0 saturated carbocycles. The number of aromatic nitrogens is 3. The Hall–Kier alpha value is -1.68. The average molecular weight is 278 g/mol. The van der Waals surface area contributed by atoms with Gasteiger partial charge >= 0.3 is 5.69 Å². The quantitative estimate of drug-likeness (QED) is 0.789. The van der Waals surface area contributed by atoms with Crippen molar-refractivity contribution >= 4 is 11.6 Å². The van der Waals surface area contributed by atoms with Gasteiger partial charge < -0.3 is 0 Å². The number of rotatable bonds is 5. The van der Waals surface area contributed by atoms with Crippen LogP contribution in [0.1, 0.15) is 26.2 Å². The van der Waals surface area contributed by atoms with E-state index in [1.54, 1.807) is 12.1 Å². The normalized spacial score (nSPS) is 10.6.